The van der Waals surface area contributed by atoms with Crippen LogP contribution in [-0.4, -0.2) is 43.0 Å². The normalized spacial score (nSPS) is 27.8. The lowest BCUT2D eigenvalue weighted by atomic mass is 9.99. The van der Waals surface area contributed by atoms with Gasteiger partial charge in [0.15, 0.2) is 0 Å². The number of rotatable bonds is 4. The zero-order valence-electron chi connectivity index (χ0n) is 13.7. The Balaban J connectivity index is 1.59. The molecule has 126 valence electrons. The van der Waals surface area contributed by atoms with Crippen molar-refractivity contribution in [3.63, 3.8) is 0 Å². The maximum Gasteiger partial charge on any atom is 0.224 e. The number of benzene rings is 1. The lowest BCUT2D eigenvalue weighted by Gasteiger charge is -2.37. The summed E-state index contributed by atoms with van der Waals surface area (Å²) in [5.74, 6) is 0.0211. The van der Waals surface area contributed by atoms with Crippen LogP contribution in [0.3, 0.4) is 0 Å². The molecule has 2 saturated heterocycles. The van der Waals surface area contributed by atoms with Gasteiger partial charge in [-0.25, -0.2) is 8.42 Å². The van der Waals surface area contributed by atoms with Crippen molar-refractivity contribution in [1.82, 2.24) is 9.62 Å². The summed E-state index contributed by atoms with van der Waals surface area (Å²) in [7, 11) is -3.15. The molecule has 0 spiro atoms. The number of aryl methyl sites for hydroxylation is 1. The number of piperidine rings is 1. The van der Waals surface area contributed by atoms with E-state index in [4.69, 9.17) is 0 Å². The lowest BCUT2D eigenvalue weighted by Crippen LogP contribution is -2.52. The molecule has 2 aliphatic heterocycles. The molecule has 3 rings (SSSR count). The molecule has 2 bridgehead atoms. The Kier molecular flexibility index (Phi) is 4.47. The van der Waals surface area contributed by atoms with Crippen molar-refractivity contribution in [2.75, 3.05) is 6.26 Å². The van der Waals surface area contributed by atoms with Gasteiger partial charge in [-0.05, 0) is 38.2 Å². The zero-order chi connectivity index (χ0) is 16.6. The third kappa shape index (κ3) is 3.75. The highest BCUT2D eigenvalue weighted by atomic mass is 32.2. The molecule has 0 saturated carbocycles. The van der Waals surface area contributed by atoms with Crippen molar-refractivity contribution < 1.29 is 13.2 Å². The van der Waals surface area contributed by atoms with Gasteiger partial charge in [0.2, 0.25) is 15.9 Å². The molecule has 0 aliphatic carbocycles. The Morgan fingerprint density at radius 1 is 1.26 bits per heavy atom. The summed E-state index contributed by atoms with van der Waals surface area (Å²) in [5, 5.41) is 3.10. The SMILES string of the molecule is Cc1cccc(CC(=O)NC2CC3CCC(C2)N3S(C)(=O)=O)c1. The van der Waals surface area contributed by atoms with Gasteiger partial charge in [-0.2, -0.15) is 4.31 Å². The van der Waals surface area contributed by atoms with E-state index in [0.717, 1.165) is 36.8 Å². The summed E-state index contributed by atoms with van der Waals surface area (Å²) >= 11 is 0. The summed E-state index contributed by atoms with van der Waals surface area (Å²) < 4.78 is 25.4. The summed E-state index contributed by atoms with van der Waals surface area (Å²) in [6.07, 6.45) is 4.93. The van der Waals surface area contributed by atoms with Crippen LogP contribution < -0.4 is 5.32 Å². The molecule has 1 aromatic carbocycles. The van der Waals surface area contributed by atoms with Gasteiger partial charge in [-0.1, -0.05) is 29.8 Å². The van der Waals surface area contributed by atoms with E-state index in [-0.39, 0.29) is 24.0 Å². The topological polar surface area (TPSA) is 66.5 Å². The lowest BCUT2D eigenvalue weighted by molar-refractivity contribution is -0.121. The molecule has 5 nitrogen and oxygen atoms in total. The minimum atomic E-state index is -3.15. The third-order valence-corrected chi connectivity index (χ3v) is 6.22. The minimum absolute atomic E-state index is 0.0211. The van der Waals surface area contributed by atoms with Crippen LogP contribution in [0.2, 0.25) is 0 Å². The fourth-order valence-corrected chi connectivity index (χ4v) is 5.55. The maximum absolute atomic E-state index is 12.3. The number of nitrogens with zero attached hydrogens (tertiary/aromatic N) is 1. The van der Waals surface area contributed by atoms with Crippen molar-refractivity contribution in [1.29, 1.82) is 0 Å². The van der Waals surface area contributed by atoms with Gasteiger partial charge in [-0.15, -0.1) is 0 Å². The highest BCUT2D eigenvalue weighted by molar-refractivity contribution is 7.88. The van der Waals surface area contributed by atoms with Gasteiger partial charge >= 0.3 is 0 Å². The Morgan fingerprint density at radius 2 is 1.91 bits per heavy atom. The standard InChI is InChI=1S/C17H24N2O3S/c1-12-4-3-5-13(8-12)9-17(20)18-14-10-15-6-7-16(11-14)19(15)23(2,21)22/h3-5,8,14-16H,6-7,9-11H2,1-2H3,(H,18,20). The molecule has 1 amide bonds. The van der Waals surface area contributed by atoms with Gasteiger partial charge < -0.3 is 5.32 Å². The first-order valence-corrected chi connectivity index (χ1v) is 10.0. The molecule has 1 N–H and O–H groups in total. The molecule has 0 radical (unpaired) electrons. The Bertz CT molecular complexity index is 688. The molecule has 2 fully saturated rings. The van der Waals surface area contributed by atoms with Crippen LogP contribution in [0.5, 0.6) is 0 Å². The number of hydrogen-bond acceptors (Lipinski definition) is 3. The van der Waals surface area contributed by atoms with Crippen molar-refractivity contribution in [3.8, 4) is 0 Å². The Labute approximate surface area is 138 Å². The monoisotopic (exact) mass is 336 g/mol. The fraction of sp³-hybridized carbons (Fsp3) is 0.588. The summed E-state index contributed by atoms with van der Waals surface area (Å²) in [5.41, 5.74) is 2.16. The number of amides is 1. The van der Waals surface area contributed by atoms with Gasteiger partial charge in [0.1, 0.15) is 0 Å². The van der Waals surface area contributed by atoms with E-state index in [2.05, 4.69) is 5.32 Å². The Morgan fingerprint density at radius 3 is 2.48 bits per heavy atom. The quantitative estimate of drug-likeness (QED) is 0.908. The van der Waals surface area contributed by atoms with Crippen LogP contribution in [0.4, 0.5) is 0 Å². The highest BCUT2D eigenvalue weighted by Crippen LogP contribution is 2.37. The van der Waals surface area contributed by atoms with E-state index in [0.29, 0.717) is 6.42 Å². The van der Waals surface area contributed by atoms with E-state index in [9.17, 15) is 13.2 Å². The molecule has 23 heavy (non-hydrogen) atoms. The zero-order valence-corrected chi connectivity index (χ0v) is 14.5. The summed E-state index contributed by atoms with van der Waals surface area (Å²) in [6, 6.07) is 8.14. The molecule has 2 aliphatic rings. The predicted molar refractivity (Wildman–Crippen MR) is 89.5 cm³/mol. The second-order valence-electron chi connectivity index (χ2n) is 6.88. The fourth-order valence-electron chi connectivity index (χ4n) is 4.08. The van der Waals surface area contributed by atoms with Crippen LogP contribution >= 0.6 is 0 Å². The smallest absolute Gasteiger partial charge is 0.224 e. The molecule has 1 aromatic rings. The van der Waals surface area contributed by atoms with E-state index in [1.165, 1.54) is 6.26 Å². The highest BCUT2D eigenvalue weighted by Gasteiger charge is 2.45. The van der Waals surface area contributed by atoms with Gasteiger partial charge in [0.05, 0.1) is 12.7 Å². The van der Waals surface area contributed by atoms with E-state index >= 15 is 0 Å². The van der Waals surface area contributed by atoms with Crippen molar-refractivity contribution in [3.05, 3.63) is 35.4 Å². The maximum atomic E-state index is 12.3. The molecule has 2 atom stereocenters. The van der Waals surface area contributed by atoms with Crippen molar-refractivity contribution >= 4 is 15.9 Å². The molecule has 2 heterocycles. The van der Waals surface area contributed by atoms with Gasteiger partial charge in [0.25, 0.3) is 0 Å². The van der Waals surface area contributed by atoms with E-state index in [1.807, 2.05) is 31.2 Å². The van der Waals surface area contributed by atoms with Crippen molar-refractivity contribution in [2.24, 2.45) is 0 Å². The van der Waals surface area contributed by atoms with Crippen molar-refractivity contribution in [2.45, 2.75) is 57.2 Å². The number of hydrogen-bond donors (Lipinski definition) is 1. The van der Waals surface area contributed by atoms with Crippen LogP contribution in [0.1, 0.15) is 36.8 Å². The molecule has 2 unspecified atom stereocenters. The third-order valence-electron chi connectivity index (χ3n) is 4.86. The minimum Gasteiger partial charge on any atom is -0.353 e. The Hall–Kier alpha value is -1.40. The summed E-state index contributed by atoms with van der Waals surface area (Å²) in [4.78, 5) is 12.3. The van der Waals surface area contributed by atoms with Crippen LogP contribution in [0.15, 0.2) is 24.3 Å². The first kappa shape index (κ1) is 16.5. The molecule has 6 heteroatoms. The van der Waals surface area contributed by atoms with E-state index < -0.39 is 10.0 Å². The van der Waals surface area contributed by atoms with E-state index in [1.54, 1.807) is 4.31 Å². The molecular weight excluding hydrogens is 312 g/mol. The molecular formula is C17H24N2O3S. The number of carbonyl (C=O) groups excluding carboxylic acids is 1. The first-order valence-electron chi connectivity index (χ1n) is 8.16. The second-order valence-corrected chi connectivity index (χ2v) is 8.77. The van der Waals surface area contributed by atoms with Gasteiger partial charge in [0, 0.05) is 18.1 Å². The van der Waals surface area contributed by atoms with Crippen LogP contribution in [-0.2, 0) is 21.2 Å². The largest absolute Gasteiger partial charge is 0.353 e. The number of fused-ring (bicyclic) bond motifs is 2. The van der Waals surface area contributed by atoms with Crippen LogP contribution in [0.25, 0.3) is 0 Å². The summed E-state index contributed by atoms with van der Waals surface area (Å²) in [6.45, 7) is 2.01. The second kappa shape index (κ2) is 6.24. The number of carbonyl (C=O) groups is 1. The predicted octanol–water partition coefficient (Wildman–Crippen LogP) is 1.61. The number of sulfonamides is 1. The molecule has 0 aromatic heterocycles. The number of nitrogens with one attached hydrogen (secondary N) is 1. The average Bonchev–Trinajstić information content (AvgIpc) is 2.71. The first-order chi connectivity index (χ1) is 10.8. The van der Waals surface area contributed by atoms with Crippen LogP contribution in [0, 0.1) is 6.92 Å². The average molecular weight is 336 g/mol. The van der Waals surface area contributed by atoms with Gasteiger partial charge in [-0.3, -0.25) is 4.79 Å².